The molecule has 1 saturated carbocycles. The van der Waals surface area contributed by atoms with Crippen LogP contribution in [0.4, 0.5) is 5.69 Å². The highest BCUT2D eigenvalue weighted by Gasteiger charge is 2.34. The summed E-state index contributed by atoms with van der Waals surface area (Å²) >= 11 is 10.1. The van der Waals surface area contributed by atoms with Gasteiger partial charge in [0.15, 0.2) is 0 Å². The van der Waals surface area contributed by atoms with Crippen molar-refractivity contribution in [2.24, 2.45) is 5.92 Å². The minimum absolute atomic E-state index is 0.722. The van der Waals surface area contributed by atoms with Crippen LogP contribution in [0.3, 0.4) is 0 Å². The van der Waals surface area contributed by atoms with Crippen molar-refractivity contribution in [3.8, 4) is 0 Å². The van der Waals surface area contributed by atoms with Gasteiger partial charge in [-0.1, -0.05) is 52.5 Å². The summed E-state index contributed by atoms with van der Waals surface area (Å²) in [6, 6.07) is 7.01. The smallest absolute Gasteiger partial charge is 0.0642 e. The summed E-state index contributed by atoms with van der Waals surface area (Å²) in [7, 11) is 0. The Balaban J connectivity index is 1.91. The lowest BCUT2D eigenvalue weighted by molar-refractivity contribution is 0.430. The first kappa shape index (κ1) is 13.8. The van der Waals surface area contributed by atoms with Crippen molar-refractivity contribution in [2.45, 2.75) is 49.9 Å². The third kappa shape index (κ3) is 2.67. The number of anilines is 1. The summed E-state index contributed by atoms with van der Waals surface area (Å²) in [5.41, 5.74) is 2.62. The maximum absolute atomic E-state index is 6.50. The van der Waals surface area contributed by atoms with Gasteiger partial charge < -0.3 is 4.90 Å². The Morgan fingerprint density at radius 1 is 1.16 bits per heavy atom. The summed E-state index contributed by atoms with van der Waals surface area (Å²) in [5, 5.41) is 1.80. The molecule has 1 aromatic carbocycles. The number of alkyl halides is 1. The van der Waals surface area contributed by atoms with Gasteiger partial charge in [0.25, 0.3) is 0 Å². The van der Waals surface area contributed by atoms with E-state index < -0.39 is 0 Å². The molecule has 2 aliphatic rings. The van der Waals surface area contributed by atoms with E-state index in [-0.39, 0.29) is 0 Å². The fourth-order valence-electron chi connectivity index (χ4n) is 3.89. The fourth-order valence-corrected chi connectivity index (χ4v) is 4.65. The van der Waals surface area contributed by atoms with E-state index in [1.807, 2.05) is 6.07 Å². The molecule has 3 heteroatoms. The molecule has 0 spiro atoms. The summed E-state index contributed by atoms with van der Waals surface area (Å²) < 4.78 is 0. The van der Waals surface area contributed by atoms with E-state index in [4.69, 9.17) is 11.6 Å². The molecular formula is C16H21BrClN. The van der Waals surface area contributed by atoms with Crippen LogP contribution in [0.1, 0.15) is 44.1 Å². The summed E-state index contributed by atoms with van der Waals surface area (Å²) in [6.07, 6.45) is 8.32. The molecule has 0 aromatic heterocycles. The Bertz CT molecular complexity index is 442. The van der Waals surface area contributed by atoms with Crippen LogP contribution in [0.5, 0.6) is 0 Å². The molecule has 0 radical (unpaired) electrons. The molecule has 1 heterocycles. The van der Waals surface area contributed by atoms with Crippen LogP contribution in [0.2, 0.25) is 5.02 Å². The number of rotatable bonds is 3. The van der Waals surface area contributed by atoms with E-state index in [9.17, 15) is 0 Å². The monoisotopic (exact) mass is 341 g/mol. The molecule has 2 fully saturated rings. The molecule has 1 aliphatic heterocycles. The zero-order valence-electron chi connectivity index (χ0n) is 11.2. The number of para-hydroxylation sites is 1. The van der Waals surface area contributed by atoms with Crippen LogP contribution in [0.25, 0.3) is 0 Å². The maximum Gasteiger partial charge on any atom is 0.0642 e. The van der Waals surface area contributed by atoms with Gasteiger partial charge in [-0.3, -0.25) is 0 Å². The van der Waals surface area contributed by atoms with Crippen LogP contribution in [-0.2, 0) is 5.33 Å². The van der Waals surface area contributed by atoms with E-state index in [0.29, 0.717) is 0 Å². The maximum atomic E-state index is 6.50. The lowest BCUT2D eigenvalue weighted by Crippen LogP contribution is -2.35. The molecule has 19 heavy (non-hydrogen) atoms. The molecule has 0 amide bonds. The molecule has 1 nitrogen and oxygen atoms in total. The van der Waals surface area contributed by atoms with Crippen LogP contribution in [0, 0.1) is 5.92 Å². The topological polar surface area (TPSA) is 3.24 Å². The predicted molar refractivity (Wildman–Crippen MR) is 86.4 cm³/mol. The van der Waals surface area contributed by atoms with Crippen molar-refractivity contribution in [3.63, 3.8) is 0 Å². The minimum atomic E-state index is 0.722. The van der Waals surface area contributed by atoms with Gasteiger partial charge in [0, 0.05) is 17.9 Å². The third-order valence-corrected chi connectivity index (χ3v) is 5.65. The first-order chi connectivity index (χ1) is 9.31. The van der Waals surface area contributed by atoms with Crippen molar-refractivity contribution in [1.82, 2.24) is 0 Å². The highest BCUT2D eigenvalue weighted by Crippen LogP contribution is 2.41. The van der Waals surface area contributed by atoms with E-state index in [1.165, 1.54) is 56.3 Å². The molecule has 1 saturated heterocycles. The number of halogens is 2. The second-order valence-electron chi connectivity index (χ2n) is 5.83. The van der Waals surface area contributed by atoms with E-state index in [0.717, 1.165) is 22.3 Å². The van der Waals surface area contributed by atoms with Crippen LogP contribution >= 0.6 is 27.5 Å². The molecule has 0 bridgehead atoms. The average molecular weight is 343 g/mol. The first-order valence-electron chi connectivity index (χ1n) is 7.41. The molecule has 3 rings (SSSR count). The van der Waals surface area contributed by atoms with Gasteiger partial charge in [-0.25, -0.2) is 0 Å². The van der Waals surface area contributed by atoms with Crippen LogP contribution < -0.4 is 4.90 Å². The standard InChI is InChI=1S/C16H21BrClN/c17-11-13-7-3-8-14(18)16(13)19-10-4-9-15(19)12-5-1-2-6-12/h3,7-8,12,15H,1-2,4-6,9-11H2. The zero-order valence-corrected chi connectivity index (χ0v) is 13.6. The summed E-state index contributed by atoms with van der Waals surface area (Å²) in [6.45, 7) is 1.17. The molecule has 1 unspecified atom stereocenters. The quantitative estimate of drug-likeness (QED) is 0.665. The van der Waals surface area contributed by atoms with Crippen LogP contribution in [0.15, 0.2) is 18.2 Å². The Morgan fingerprint density at radius 3 is 2.68 bits per heavy atom. The van der Waals surface area contributed by atoms with Gasteiger partial charge in [-0.15, -0.1) is 0 Å². The molecule has 1 aliphatic carbocycles. The Labute approximate surface area is 129 Å². The number of hydrogen-bond acceptors (Lipinski definition) is 1. The molecule has 1 atom stereocenters. The SMILES string of the molecule is Clc1cccc(CBr)c1N1CCCC1C1CCCC1. The van der Waals surface area contributed by atoms with E-state index in [1.54, 1.807) is 0 Å². The van der Waals surface area contributed by atoms with Gasteiger partial charge in [0.2, 0.25) is 0 Å². The number of benzene rings is 1. The van der Waals surface area contributed by atoms with Crippen LogP contribution in [-0.4, -0.2) is 12.6 Å². The van der Waals surface area contributed by atoms with E-state index >= 15 is 0 Å². The van der Waals surface area contributed by atoms with Crippen molar-refractivity contribution in [3.05, 3.63) is 28.8 Å². The first-order valence-corrected chi connectivity index (χ1v) is 8.91. The second-order valence-corrected chi connectivity index (χ2v) is 6.80. The summed E-state index contributed by atoms with van der Waals surface area (Å²) in [5.74, 6) is 0.891. The van der Waals surface area contributed by atoms with Gasteiger partial charge in [-0.2, -0.15) is 0 Å². The number of nitrogens with zero attached hydrogens (tertiary/aromatic N) is 1. The highest BCUT2D eigenvalue weighted by atomic mass is 79.9. The molecular weight excluding hydrogens is 322 g/mol. The lowest BCUT2D eigenvalue weighted by atomic mass is 9.95. The normalized spacial score (nSPS) is 24.3. The van der Waals surface area contributed by atoms with Crippen molar-refractivity contribution in [2.75, 3.05) is 11.4 Å². The largest absolute Gasteiger partial charge is 0.367 e. The minimum Gasteiger partial charge on any atom is -0.367 e. The molecule has 1 aromatic rings. The Morgan fingerprint density at radius 2 is 1.95 bits per heavy atom. The summed E-state index contributed by atoms with van der Waals surface area (Å²) in [4.78, 5) is 2.61. The predicted octanol–water partition coefficient (Wildman–Crippen LogP) is 5.39. The average Bonchev–Trinajstić information content (AvgIpc) is 3.08. The van der Waals surface area contributed by atoms with Gasteiger partial charge in [-0.05, 0) is 43.2 Å². The third-order valence-electron chi connectivity index (χ3n) is 4.74. The molecule has 104 valence electrons. The van der Waals surface area contributed by atoms with Gasteiger partial charge in [0.05, 0.1) is 10.7 Å². The Kier molecular flexibility index (Phi) is 4.38. The highest BCUT2D eigenvalue weighted by molar-refractivity contribution is 9.08. The number of hydrogen-bond donors (Lipinski definition) is 0. The van der Waals surface area contributed by atoms with Gasteiger partial charge >= 0.3 is 0 Å². The fraction of sp³-hybridized carbons (Fsp3) is 0.625. The molecule has 0 N–H and O–H groups in total. The van der Waals surface area contributed by atoms with Gasteiger partial charge in [0.1, 0.15) is 0 Å². The van der Waals surface area contributed by atoms with Crippen molar-refractivity contribution >= 4 is 33.2 Å². The van der Waals surface area contributed by atoms with Crippen molar-refractivity contribution in [1.29, 1.82) is 0 Å². The second kappa shape index (κ2) is 6.05. The van der Waals surface area contributed by atoms with Crippen molar-refractivity contribution < 1.29 is 0 Å². The van der Waals surface area contributed by atoms with E-state index in [2.05, 4.69) is 33.0 Å². The zero-order chi connectivity index (χ0) is 13.2. The Hall–Kier alpha value is -0.210. The lowest BCUT2D eigenvalue weighted by Gasteiger charge is -2.33.